The molecule has 3 N–H and O–H groups in total. The number of nitrogens with one attached hydrogen (secondary N) is 1. The lowest BCUT2D eigenvalue weighted by Crippen LogP contribution is -2.32. The highest BCUT2D eigenvalue weighted by atomic mass is 16.6. The van der Waals surface area contributed by atoms with Gasteiger partial charge in [0.1, 0.15) is 19.0 Å². The molecule has 0 atom stereocenters. The number of aliphatic imine (C=N–C) groups is 1. The van der Waals surface area contributed by atoms with E-state index in [1.54, 1.807) is 7.05 Å². The minimum Gasteiger partial charge on any atom is -0.486 e. The second-order valence-corrected chi connectivity index (χ2v) is 3.05. The fraction of sp³-hybridized carbons (Fsp3) is 0.300. The SMILES string of the molecule is CN=C(NN)c1cccc2c1OCCO2. The van der Waals surface area contributed by atoms with Gasteiger partial charge in [-0.3, -0.25) is 4.99 Å². The molecule has 0 fully saturated rings. The predicted octanol–water partition coefficient (Wildman–Crippen LogP) is 0.297. The summed E-state index contributed by atoms with van der Waals surface area (Å²) in [5, 5.41) is 0. The number of para-hydroxylation sites is 1. The van der Waals surface area contributed by atoms with E-state index in [0.29, 0.717) is 24.8 Å². The number of nitrogens with two attached hydrogens (primary N) is 1. The van der Waals surface area contributed by atoms with Crippen LogP contribution in [-0.4, -0.2) is 26.1 Å². The summed E-state index contributed by atoms with van der Waals surface area (Å²) in [6.07, 6.45) is 0. The summed E-state index contributed by atoms with van der Waals surface area (Å²) in [5.74, 6) is 7.38. The summed E-state index contributed by atoms with van der Waals surface area (Å²) < 4.78 is 11.0. The summed E-state index contributed by atoms with van der Waals surface area (Å²) in [6, 6.07) is 5.63. The van der Waals surface area contributed by atoms with Gasteiger partial charge in [-0.2, -0.15) is 0 Å². The van der Waals surface area contributed by atoms with Gasteiger partial charge < -0.3 is 14.9 Å². The minimum absolute atomic E-state index is 0.547. The van der Waals surface area contributed by atoms with E-state index in [0.717, 1.165) is 11.3 Å². The third-order valence-corrected chi connectivity index (χ3v) is 2.18. The van der Waals surface area contributed by atoms with E-state index in [4.69, 9.17) is 15.3 Å². The number of nitrogens with zero attached hydrogens (tertiary/aromatic N) is 1. The molecule has 2 rings (SSSR count). The van der Waals surface area contributed by atoms with Crippen LogP contribution >= 0.6 is 0 Å². The normalized spacial score (nSPS) is 14.9. The molecule has 1 heterocycles. The van der Waals surface area contributed by atoms with Crippen LogP contribution < -0.4 is 20.7 Å². The number of benzene rings is 1. The van der Waals surface area contributed by atoms with Gasteiger partial charge in [-0.05, 0) is 12.1 Å². The maximum atomic E-state index is 5.54. The number of hydrogen-bond acceptors (Lipinski definition) is 4. The molecular weight excluding hydrogens is 194 g/mol. The van der Waals surface area contributed by atoms with Crippen molar-refractivity contribution in [1.29, 1.82) is 0 Å². The van der Waals surface area contributed by atoms with Crippen molar-refractivity contribution >= 4 is 5.84 Å². The smallest absolute Gasteiger partial charge is 0.172 e. The van der Waals surface area contributed by atoms with Crippen LogP contribution in [0.2, 0.25) is 0 Å². The van der Waals surface area contributed by atoms with Crippen LogP contribution in [0.5, 0.6) is 11.5 Å². The molecule has 0 bridgehead atoms. The van der Waals surface area contributed by atoms with Gasteiger partial charge in [0, 0.05) is 7.05 Å². The van der Waals surface area contributed by atoms with Crippen LogP contribution in [0.4, 0.5) is 0 Å². The Kier molecular flexibility index (Phi) is 2.73. The van der Waals surface area contributed by atoms with Crippen molar-refractivity contribution in [3.63, 3.8) is 0 Å². The predicted molar refractivity (Wildman–Crippen MR) is 57.2 cm³/mol. The van der Waals surface area contributed by atoms with Gasteiger partial charge in [0.2, 0.25) is 0 Å². The van der Waals surface area contributed by atoms with Gasteiger partial charge in [0.25, 0.3) is 0 Å². The number of ether oxygens (including phenoxy) is 2. The Labute approximate surface area is 87.9 Å². The first-order chi connectivity index (χ1) is 7.36. The van der Waals surface area contributed by atoms with Crippen molar-refractivity contribution in [3.05, 3.63) is 23.8 Å². The molecule has 0 saturated carbocycles. The molecule has 0 aliphatic carbocycles. The van der Waals surface area contributed by atoms with Crippen LogP contribution in [0, 0.1) is 0 Å². The molecule has 1 aliphatic heterocycles. The van der Waals surface area contributed by atoms with E-state index < -0.39 is 0 Å². The average Bonchev–Trinajstić information content (AvgIpc) is 2.31. The summed E-state index contributed by atoms with van der Waals surface area (Å²) in [4.78, 5) is 4.03. The van der Waals surface area contributed by atoms with Crippen LogP contribution in [0.15, 0.2) is 23.2 Å². The largest absolute Gasteiger partial charge is 0.486 e. The number of hydrogen-bond donors (Lipinski definition) is 2. The maximum Gasteiger partial charge on any atom is 0.172 e. The van der Waals surface area contributed by atoms with Crippen molar-refractivity contribution in [1.82, 2.24) is 5.43 Å². The third-order valence-electron chi connectivity index (χ3n) is 2.18. The fourth-order valence-electron chi connectivity index (χ4n) is 1.52. The quantitative estimate of drug-likeness (QED) is 0.301. The van der Waals surface area contributed by atoms with Gasteiger partial charge in [0.15, 0.2) is 11.5 Å². The molecule has 5 heteroatoms. The van der Waals surface area contributed by atoms with E-state index in [2.05, 4.69) is 10.4 Å². The van der Waals surface area contributed by atoms with Gasteiger partial charge in [-0.1, -0.05) is 6.07 Å². The lowest BCUT2D eigenvalue weighted by molar-refractivity contribution is 0.171. The van der Waals surface area contributed by atoms with E-state index in [-0.39, 0.29) is 0 Å². The molecule has 15 heavy (non-hydrogen) atoms. The lowest BCUT2D eigenvalue weighted by atomic mass is 10.1. The Balaban J connectivity index is 2.47. The highest BCUT2D eigenvalue weighted by molar-refractivity contribution is 6.01. The van der Waals surface area contributed by atoms with Gasteiger partial charge in [0.05, 0.1) is 5.56 Å². The highest BCUT2D eigenvalue weighted by Crippen LogP contribution is 2.33. The molecule has 0 unspecified atom stereocenters. The van der Waals surface area contributed by atoms with Crippen LogP contribution in [0.25, 0.3) is 0 Å². The van der Waals surface area contributed by atoms with E-state index in [9.17, 15) is 0 Å². The summed E-state index contributed by atoms with van der Waals surface area (Å²) in [5.41, 5.74) is 3.35. The summed E-state index contributed by atoms with van der Waals surface area (Å²) >= 11 is 0. The Morgan fingerprint density at radius 1 is 1.40 bits per heavy atom. The first-order valence-corrected chi connectivity index (χ1v) is 4.69. The molecule has 0 amide bonds. The monoisotopic (exact) mass is 207 g/mol. The Bertz CT molecular complexity index is 390. The third kappa shape index (κ3) is 1.73. The van der Waals surface area contributed by atoms with E-state index >= 15 is 0 Å². The zero-order chi connectivity index (χ0) is 10.7. The first kappa shape index (κ1) is 9.79. The number of hydrazine groups is 1. The second kappa shape index (κ2) is 4.18. The van der Waals surface area contributed by atoms with E-state index in [1.807, 2.05) is 18.2 Å². The van der Waals surface area contributed by atoms with Crippen molar-refractivity contribution in [2.45, 2.75) is 0 Å². The zero-order valence-electron chi connectivity index (χ0n) is 8.49. The summed E-state index contributed by atoms with van der Waals surface area (Å²) in [7, 11) is 1.66. The first-order valence-electron chi connectivity index (χ1n) is 4.69. The molecule has 1 aromatic rings. The zero-order valence-corrected chi connectivity index (χ0v) is 8.49. The van der Waals surface area contributed by atoms with Crippen molar-refractivity contribution in [2.24, 2.45) is 10.8 Å². The Hall–Kier alpha value is -1.75. The molecule has 0 aromatic heterocycles. The average molecular weight is 207 g/mol. The topological polar surface area (TPSA) is 68.9 Å². The van der Waals surface area contributed by atoms with Gasteiger partial charge in [-0.15, -0.1) is 0 Å². The number of fused-ring (bicyclic) bond motifs is 1. The molecule has 80 valence electrons. The van der Waals surface area contributed by atoms with E-state index in [1.165, 1.54) is 0 Å². The van der Waals surface area contributed by atoms with Crippen LogP contribution in [-0.2, 0) is 0 Å². The Morgan fingerprint density at radius 2 is 2.20 bits per heavy atom. The number of rotatable bonds is 1. The summed E-state index contributed by atoms with van der Waals surface area (Å²) in [6.45, 7) is 1.12. The lowest BCUT2D eigenvalue weighted by Gasteiger charge is -2.21. The van der Waals surface area contributed by atoms with Crippen LogP contribution in [0.3, 0.4) is 0 Å². The van der Waals surface area contributed by atoms with Gasteiger partial charge in [-0.25, -0.2) is 5.84 Å². The fourth-order valence-corrected chi connectivity index (χ4v) is 1.52. The van der Waals surface area contributed by atoms with Gasteiger partial charge >= 0.3 is 0 Å². The number of amidine groups is 1. The molecule has 5 nitrogen and oxygen atoms in total. The molecule has 1 aromatic carbocycles. The minimum atomic E-state index is 0.547. The maximum absolute atomic E-state index is 5.54. The molecule has 0 saturated heterocycles. The van der Waals surface area contributed by atoms with Crippen molar-refractivity contribution < 1.29 is 9.47 Å². The second-order valence-electron chi connectivity index (χ2n) is 3.05. The molecule has 0 spiro atoms. The van der Waals surface area contributed by atoms with Crippen molar-refractivity contribution in [3.8, 4) is 11.5 Å². The molecule has 0 radical (unpaired) electrons. The highest BCUT2D eigenvalue weighted by Gasteiger charge is 2.17. The molecular formula is C10H13N3O2. The van der Waals surface area contributed by atoms with Crippen molar-refractivity contribution in [2.75, 3.05) is 20.3 Å². The Morgan fingerprint density at radius 3 is 2.93 bits per heavy atom. The molecule has 1 aliphatic rings. The van der Waals surface area contributed by atoms with Crippen LogP contribution in [0.1, 0.15) is 5.56 Å². The standard InChI is InChI=1S/C10H13N3O2/c1-12-10(13-11)7-3-2-4-8-9(7)15-6-5-14-8/h2-4H,5-6,11H2,1H3,(H,12,13).